The van der Waals surface area contributed by atoms with Crippen LogP contribution in [0, 0.1) is 0 Å². The van der Waals surface area contributed by atoms with E-state index in [0.29, 0.717) is 18.8 Å². The SMILES string of the molecule is CCN(CC(=O)NC)Cc1ccc(C(=O)O)o1. The van der Waals surface area contributed by atoms with Crippen LogP contribution < -0.4 is 5.32 Å². The van der Waals surface area contributed by atoms with E-state index >= 15 is 0 Å². The highest BCUT2D eigenvalue weighted by Gasteiger charge is 2.13. The number of hydrogen-bond donors (Lipinski definition) is 2. The Balaban J connectivity index is 2.60. The van der Waals surface area contributed by atoms with Gasteiger partial charge in [-0.25, -0.2) is 4.79 Å². The van der Waals surface area contributed by atoms with Crippen molar-refractivity contribution < 1.29 is 19.1 Å². The lowest BCUT2D eigenvalue weighted by molar-refractivity contribution is -0.121. The highest BCUT2D eigenvalue weighted by atomic mass is 16.4. The van der Waals surface area contributed by atoms with Gasteiger partial charge in [0.25, 0.3) is 0 Å². The number of carboxylic acids is 1. The quantitative estimate of drug-likeness (QED) is 0.758. The normalized spacial score (nSPS) is 10.5. The number of nitrogens with one attached hydrogen (secondary N) is 1. The van der Waals surface area contributed by atoms with E-state index in [4.69, 9.17) is 9.52 Å². The minimum Gasteiger partial charge on any atom is -0.475 e. The Morgan fingerprint density at radius 3 is 2.65 bits per heavy atom. The number of carboxylic acid groups (broad SMARTS) is 1. The number of furan rings is 1. The average Bonchev–Trinajstić information content (AvgIpc) is 2.76. The Morgan fingerprint density at radius 2 is 2.18 bits per heavy atom. The van der Waals surface area contributed by atoms with Crippen molar-refractivity contribution in [2.75, 3.05) is 20.1 Å². The first-order chi connectivity index (χ1) is 8.06. The van der Waals surface area contributed by atoms with Crippen molar-refractivity contribution in [1.82, 2.24) is 10.2 Å². The van der Waals surface area contributed by atoms with Crippen LogP contribution in [-0.2, 0) is 11.3 Å². The number of rotatable bonds is 6. The van der Waals surface area contributed by atoms with Gasteiger partial charge in [0.2, 0.25) is 11.7 Å². The molecule has 6 nitrogen and oxygen atoms in total. The molecule has 1 rings (SSSR count). The van der Waals surface area contributed by atoms with Crippen LogP contribution in [0.1, 0.15) is 23.2 Å². The maximum atomic E-state index is 11.2. The summed E-state index contributed by atoms with van der Waals surface area (Å²) in [6.07, 6.45) is 0. The Kier molecular flexibility index (Phi) is 4.71. The van der Waals surface area contributed by atoms with Crippen molar-refractivity contribution in [3.63, 3.8) is 0 Å². The summed E-state index contributed by atoms with van der Waals surface area (Å²) in [7, 11) is 1.57. The predicted molar refractivity (Wildman–Crippen MR) is 60.7 cm³/mol. The lowest BCUT2D eigenvalue weighted by atomic mass is 10.3. The van der Waals surface area contributed by atoms with Crippen LogP contribution >= 0.6 is 0 Å². The number of carbonyl (C=O) groups is 2. The van der Waals surface area contributed by atoms with Gasteiger partial charge in [-0.15, -0.1) is 0 Å². The van der Waals surface area contributed by atoms with Crippen LogP contribution in [-0.4, -0.2) is 42.0 Å². The molecule has 1 aromatic heterocycles. The zero-order valence-electron chi connectivity index (χ0n) is 9.90. The van der Waals surface area contributed by atoms with Crippen molar-refractivity contribution >= 4 is 11.9 Å². The molecule has 1 heterocycles. The molecule has 0 bridgehead atoms. The fourth-order valence-corrected chi connectivity index (χ4v) is 1.36. The van der Waals surface area contributed by atoms with Gasteiger partial charge in [-0.05, 0) is 18.7 Å². The van der Waals surface area contributed by atoms with Gasteiger partial charge in [0.15, 0.2) is 0 Å². The Morgan fingerprint density at radius 1 is 1.47 bits per heavy atom. The Bertz CT molecular complexity index is 400. The van der Waals surface area contributed by atoms with Gasteiger partial charge < -0.3 is 14.8 Å². The zero-order valence-corrected chi connectivity index (χ0v) is 9.90. The van der Waals surface area contributed by atoms with Crippen LogP contribution in [0.4, 0.5) is 0 Å². The smallest absolute Gasteiger partial charge is 0.371 e. The molecule has 0 aliphatic rings. The largest absolute Gasteiger partial charge is 0.475 e. The fraction of sp³-hybridized carbons (Fsp3) is 0.455. The Labute approximate surface area is 99.2 Å². The third-order valence-corrected chi connectivity index (χ3v) is 2.35. The van der Waals surface area contributed by atoms with Gasteiger partial charge in [-0.1, -0.05) is 6.92 Å². The minimum absolute atomic E-state index is 0.0862. The van der Waals surface area contributed by atoms with E-state index in [0.717, 1.165) is 0 Å². The molecular weight excluding hydrogens is 224 g/mol. The van der Waals surface area contributed by atoms with Gasteiger partial charge in [0, 0.05) is 7.05 Å². The van der Waals surface area contributed by atoms with Crippen LogP contribution in [0.2, 0.25) is 0 Å². The lowest BCUT2D eigenvalue weighted by Gasteiger charge is -2.17. The number of hydrogen-bond acceptors (Lipinski definition) is 4. The molecule has 0 atom stereocenters. The van der Waals surface area contributed by atoms with Crippen molar-refractivity contribution in [3.8, 4) is 0 Å². The molecule has 2 N–H and O–H groups in total. The molecule has 0 fully saturated rings. The summed E-state index contributed by atoms with van der Waals surface area (Å²) in [6, 6.07) is 3.02. The van der Waals surface area contributed by atoms with Gasteiger partial charge in [-0.2, -0.15) is 0 Å². The van der Waals surface area contributed by atoms with E-state index in [1.807, 2.05) is 11.8 Å². The van der Waals surface area contributed by atoms with Crippen LogP contribution in [0.15, 0.2) is 16.5 Å². The molecule has 6 heteroatoms. The molecule has 0 aliphatic heterocycles. The molecule has 0 saturated carbocycles. The summed E-state index contributed by atoms with van der Waals surface area (Å²) in [5, 5.41) is 11.2. The number of amides is 1. The summed E-state index contributed by atoms with van der Waals surface area (Å²) in [4.78, 5) is 23.7. The van der Waals surface area contributed by atoms with Crippen molar-refractivity contribution in [1.29, 1.82) is 0 Å². The van der Waals surface area contributed by atoms with Crippen LogP contribution in [0.3, 0.4) is 0 Å². The zero-order chi connectivity index (χ0) is 12.8. The monoisotopic (exact) mass is 240 g/mol. The molecule has 0 radical (unpaired) electrons. The second kappa shape index (κ2) is 6.05. The summed E-state index contributed by atoms with van der Waals surface area (Å²) >= 11 is 0. The maximum absolute atomic E-state index is 11.2. The van der Waals surface area contributed by atoms with Crippen LogP contribution in [0.5, 0.6) is 0 Å². The summed E-state index contributed by atoms with van der Waals surface area (Å²) in [5.74, 6) is -0.730. The number of nitrogens with zero attached hydrogens (tertiary/aromatic N) is 1. The summed E-state index contributed by atoms with van der Waals surface area (Å²) in [5.41, 5.74) is 0. The summed E-state index contributed by atoms with van der Waals surface area (Å²) < 4.78 is 5.12. The second-order valence-electron chi connectivity index (χ2n) is 3.55. The van der Waals surface area contributed by atoms with E-state index < -0.39 is 5.97 Å². The van der Waals surface area contributed by atoms with E-state index in [2.05, 4.69) is 5.32 Å². The van der Waals surface area contributed by atoms with Crippen molar-refractivity contribution in [2.24, 2.45) is 0 Å². The molecular formula is C11H16N2O4. The first kappa shape index (κ1) is 13.2. The van der Waals surface area contributed by atoms with Crippen LogP contribution in [0.25, 0.3) is 0 Å². The second-order valence-corrected chi connectivity index (χ2v) is 3.55. The third kappa shape index (κ3) is 3.92. The molecule has 0 aliphatic carbocycles. The Hall–Kier alpha value is -1.82. The maximum Gasteiger partial charge on any atom is 0.371 e. The number of likely N-dealkylation sites (N-methyl/N-ethyl adjacent to an activating group) is 2. The van der Waals surface area contributed by atoms with E-state index in [9.17, 15) is 9.59 Å². The van der Waals surface area contributed by atoms with E-state index in [1.54, 1.807) is 13.1 Å². The number of carbonyl (C=O) groups excluding carboxylic acids is 1. The van der Waals surface area contributed by atoms with Crippen molar-refractivity contribution in [3.05, 3.63) is 23.7 Å². The molecule has 0 aromatic carbocycles. The molecule has 94 valence electrons. The fourth-order valence-electron chi connectivity index (χ4n) is 1.36. The standard InChI is InChI=1S/C11H16N2O4/c1-3-13(7-10(14)12-2)6-8-4-5-9(17-8)11(15)16/h4-5H,3,6-7H2,1-2H3,(H,12,14)(H,15,16). The summed E-state index contributed by atoms with van der Waals surface area (Å²) in [6.45, 7) is 3.27. The third-order valence-electron chi connectivity index (χ3n) is 2.35. The van der Waals surface area contributed by atoms with Gasteiger partial charge in [0.1, 0.15) is 5.76 Å². The molecule has 1 aromatic rings. The van der Waals surface area contributed by atoms with Gasteiger partial charge >= 0.3 is 5.97 Å². The molecule has 0 unspecified atom stereocenters. The van der Waals surface area contributed by atoms with Gasteiger partial charge in [-0.3, -0.25) is 9.69 Å². The lowest BCUT2D eigenvalue weighted by Crippen LogP contribution is -2.34. The van der Waals surface area contributed by atoms with Gasteiger partial charge in [0.05, 0.1) is 13.1 Å². The molecule has 17 heavy (non-hydrogen) atoms. The first-order valence-electron chi connectivity index (χ1n) is 5.31. The topological polar surface area (TPSA) is 82.8 Å². The minimum atomic E-state index is -1.09. The first-order valence-corrected chi connectivity index (χ1v) is 5.31. The molecule has 1 amide bonds. The average molecular weight is 240 g/mol. The van der Waals surface area contributed by atoms with E-state index in [1.165, 1.54) is 6.07 Å². The predicted octanol–water partition coefficient (Wildman–Crippen LogP) is 0.546. The van der Waals surface area contributed by atoms with E-state index in [-0.39, 0.29) is 18.2 Å². The molecule has 0 saturated heterocycles. The highest BCUT2D eigenvalue weighted by Crippen LogP contribution is 2.10. The molecule has 0 spiro atoms. The van der Waals surface area contributed by atoms with Crippen molar-refractivity contribution in [2.45, 2.75) is 13.5 Å². The highest BCUT2D eigenvalue weighted by molar-refractivity contribution is 5.84. The number of aromatic carboxylic acids is 1.